The molecule has 0 spiro atoms. The molecule has 1 rings (SSSR count). The number of carbonyl (C=O) groups is 1. The van der Waals surface area contributed by atoms with E-state index in [1.54, 1.807) is 0 Å². The Kier molecular flexibility index (Phi) is 7.53. The van der Waals surface area contributed by atoms with Crippen LogP contribution in [-0.4, -0.2) is 42.6 Å². The number of alkyl halides is 4. The third kappa shape index (κ3) is 7.92. The molecule has 0 atom stereocenters. The lowest BCUT2D eigenvalue weighted by molar-refractivity contribution is -0.175. The monoisotopic (exact) mass is 323 g/mol. The third-order valence-corrected chi connectivity index (χ3v) is 2.82. The number of ether oxygens (including phenoxy) is 1. The number of hydrogen-bond acceptors (Lipinski definition) is 2. The summed E-state index contributed by atoms with van der Waals surface area (Å²) in [6.07, 6.45) is -4.47. The molecular weight excluding hydrogens is 307 g/mol. The highest BCUT2D eigenvalue weighted by Crippen LogP contribution is 2.14. The molecule has 1 amide bonds. The predicted octanol–water partition coefficient (Wildman–Crippen LogP) is 3.22. The first-order valence-corrected chi connectivity index (χ1v) is 6.98. The van der Waals surface area contributed by atoms with Crippen LogP contribution in [0.15, 0.2) is 30.3 Å². The summed E-state index contributed by atoms with van der Waals surface area (Å²) in [6.45, 7) is -0.874. The smallest absolute Gasteiger partial charge is 0.372 e. The Balaban J connectivity index is 2.42. The van der Waals surface area contributed by atoms with Gasteiger partial charge in [0.2, 0.25) is 5.91 Å². The van der Waals surface area contributed by atoms with Gasteiger partial charge in [0.1, 0.15) is 6.61 Å². The lowest BCUT2D eigenvalue weighted by Gasteiger charge is -2.22. The van der Waals surface area contributed by atoms with Gasteiger partial charge in [-0.25, -0.2) is 0 Å². The van der Waals surface area contributed by atoms with Crippen molar-refractivity contribution in [2.45, 2.75) is 19.1 Å². The van der Waals surface area contributed by atoms with Crippen LogP contribution in [-0.2, 0) is 16.1 Å². The molecule has 0 aromatic heterocycles. The lowest BCUT2D eigenvalue weighted by Crippen LogP contribution is -2.33. The van der Waals surface area contributed by atoms with Gasteiger partial charge in [0.15, 0.2) is 0 Å². The summed E-state index contributed by atoms with van der Waals surface area (Å²) >= 11 is 5.65. The van der Waals surface area contributed by atoms with E-state index in [1.165, 1.54) is 4.90 Å². The zero-order valence-electron chi connectivity index (χ0n) is 11.4. The van der Waals surface area contributed by atoms with E-state index >= 15 is 0 Å². The van der Waals surface area contributed by atoms with Crippen LogP contribution in [0, 0.1) is 0 Å². The van der Waals surface area contributed by atoms with Gasteiger partial charge in [-0.3, -0.25) is 4.79 Å². The minimum atomic E-state index is -4.37. The quantitative estimate of drug-likeness (QED) is 0.543. The maximum Gasteiger partial charge on any atom is 0.411 e. The summed E-state index contributed by atoms with van der Waals surface area (Å²) in [6, 6.07) is 9.31. The molecule has 1 aromatic rings. The minimum absolute atomic E-state index is 0.0974. The highest BCUT2D eigenvalue weighted by Gasteiger charge is 2.27. The van der Waals surface area contributed by atoms with Gasteiger partial charge in [0, 0.05) is 19.0 Å². The van der Waals surface area contributed by atoms with Crippen molar-refractivity contribution in [3.8, 4) is 0 Å². The van der Waals surface area contributed by atoms with Crippen molar-refractivity contribution in [2.24, 2.45) is 0 Å². The van der Waals surface area contributed by atoms with E-state index in [1.807, 2.05) is 30.3 Å². The second-order valence-corrected chi connectivity index (χ2v) is 4.79. The van der Waals surface area contributed by atoms with E-state index in [-0.39, 0.29) is 24.8 Å². The van der Waals surface area contributed by atoms with Crippen LogP contribution in [0.4, 0.5) is 13.2 Å². The molecule has 0 radical (unpaired) electrons. The minimum Gasteiger partial charge on any atom is -0.372 e. The summed E-state index contributed by atoms with van der Waals surface area (Å²) in [5, 5.41) is 0. The third-order valence-electron chi connectivity index (χ3n) is 2.65. The van der Waals surface area contributed by atoms with Crippen molar-refractivity contribution in [2.75, 3.05) is 25.6 Å². The summed E-state index contributed by atoms with van der Waals surface area (Å²) in [5.74, 6) is -0.0104. The first kappa shape index (κ1) is 17.8. The van der Waals surface area contributed by atoms with Gasteiger partial charge in [-0.05, 0) is 5.56 Å². The number of hydrogen-bond donors (Lipinski definition) is 0. The van der Waals surface area contributed by atoms with Crippen LogP contribution >= 0.6 is 11.6 Å². The Morgan fingerprint density at radius 3 is 2.48 bits per heavy atom. The normalized spacial score (nSPS) is 11.4. The maximum absolute atomic E-state index is 12.0. The van der Waals surface area contributed by atoms with Gasteiger partial charge in [0.05, 0.1) is 13.0 Å². The van der Waals surface area contributed by atoms with Gasteiger partial charge in [-0.15, -0.1) is 11.6 Å². The Labute approximate surface area is 126 Å². The fourth-order valence-electron chi connectivity index (χ4n) is 1.70. The van der Waals surface area contributed by atoms with Crippen molar-refractivity contribution < 1.29 is 22.7 Å². The SMILES string of the molecule is O=C(CCOCC(F)(F)F)N(CCCl)Cc1ccccc1. The highest BCUT2D eigenvalue weighted by atomic mass is 35.5. The largest absolute Gasteiger partial charge is 0.411 e. The molecule has 0 N–H and O–H groups in total. The lowest BCUT2D eigenvalue weighted by atomic mass is 10.2. The van der Waals surface area contributed by atoms with Crippen LogP contribution in [0.2, 0.25) is 0 Å². The number of halogens is 4. The molecule has 0 heterocycles. The van der Waals surface area contributed by atoms with Crippen LogP contribution < -0.4 is 0 Å². The standard InChI is InChI=1S/C14H17ClF3NO2/c15-7-8-19(10-12-4-2-1-3-5-12)13(20)6-9-21-11-14(16,17)18/h1-5H,6-11H2. The number of amides is 1. The number of carbonyl (C=O) groups excluding carboxylic acids is 1. The molecule has 0 unspecified atom stereocenters. The van der Waals surface area contributed by atoms with Crippen LogP contribution in [0.3, 0.4) is 0 Å². The van der Waals surface area contributed by atoms with Crippen molar-refractivity contribution in [1.29, 1.82) is 0 Å². The second-order valence-electron chi connectivity index (χ2n) is 4.41. The van der Waals surface area contributed by atoms with Crippen molar-refractivity contribution in [3.05, 3.63) is 35.9 Å². The molecule has 1 aromatic carbocycles. The van der Waals surface area contributed by atoms with Crippen molar-refractivity contribution in [1.82, 2.24) is 4.90 Å². The van der Waals surface area contributed by atoms with Gasteiger partial charge < -0.3 is 9.64 Å². The molecule has 0 saturated carbocycles. The highest BCUT2D eigenvalue weighted by molar-refractivity contribution is 6.18. The molecule has 0 fully saturated rings. The molecule has 0 aliphatic carbocycles. The van der Waals surface area contributed by atoms with Crippen LogP contribution in [0.25, 0.3) is 0 Å². The van der Waals surface area contributed by atoms with Gasteiger partial charge in [-0.1, -0.05) is 30.3 Å². The Morgan fingerprint density at radius 1 is 1.24 bits per heavy atom. The van der Waals surface area contributed by atoms with E-state index in [2.05, 4.69) is 4.74 Å². The van der Waals surface area contributed by atoms with Crippen molar-refractivity contribution in [3.63, 3.8) is 0 Å². The van der Waals surface area contributed by atoms with Gasteiger partial charge in [0.25, 0.3) is 0 Å². The Hall–Kier alpha value is -1.27. The first-order chi connectivity index (χ1) is 9.92. The summed E-state index contributed by atoms with van der Waals surface area (Å²) in [5.41, 5.74) is 0.937. The van der Waals surface area contributed by atoms with E-state index in [0.29, 0.717) is 13.1 Å². The average Bonchev–Trinajstić information content (AvgIpc) is 2.43. The fraction of sp³-hybridized carbons (Fsp3) is 0.500. The zero-order valence-corrected chi connectivity index (χ0v) is 12.2. The van der Waals surface area contributed by atoms with Gasteiger partial charge >= 0.3 is 6.18 Å². The number of nitrogens with zero attached hydrogens (tertiary/aromatic N) is 1. The zero-order chi connectivity index (χ0) is 15.7. The number of rotatable bonds is 8. The first-order valence-electron chi connectivity index (χ1n) is 6.44. The maximum atomic E-state index is 12.0. The summed E-state index contributed by atoms with van der Waals surface area (Å²) < 4.78 is 40.2. The Morgan fingerprint density at radius 2 is 1.90 bits per heavy atom. The molecular formula is C14H17ClF3NO2. The van der Waals surface area contributed by atoms with E-state index in [9.17, 15) is 18.0 Å². The summed E-state index contributed by atoms with van der Waals surface area (Å²) in [4.78, 5) is 13.5. The number of benzene rings is 1. The van der Waals surface area contributed by atoms with Gasteiger partial charge in [-0.2, -0.15) is 13.2 Å². The van der Waals surface area contributed by atoms with E-state index in [0.717, 1.165) is 5.56 Å². The molecule has 0 aliphatic rings. The molecule has 0 bridgehead atoms. The molecule has 3 nitrogen and oxygen atoms in total. The van der Waals surface area contributed by atoms with Crippen LogP contribution in [0.5, 0.6) is 0 Å². The summed E-state index contributed by atoms with van der Waals surface area (Å²) in [7, 11) is 0. The molecule has 0 saturated heterocycles. The molecule has 0 aliphatic heterocycles. The topological polar surface area (TPSA) is 29.5 Å². The molecule has 118 valence electrons. The predicted molar refractivity (Wildman–Crippen MR) is 74.1 cm³/mol. The van der Waals surface area contributed by atoms with E-state index < -0.39 is 12.8 Å². The Bertz CT molecular complexity index is 426. The van der Waals surface area contributed by atoms with E-state index in [4.69, 9.17) is 11.6 Å². The average molecular weight is 324 g/mol. The fourth-order valence-corrected chi connectivity index (χ4v) is 1.91. The molecule has 7 heteroatoms. The van der Waals surface area contributed by atoms with Crippen molar-refractivity contribution >= 4 is 17.5 Å². The second kappa shape index (κ2) is 8.89. The van der Waals surface area contributed by atoms with Crippen LogP contribution in [0.1, 0.15) is 12.0 Å². The molecule has 21 heavy (non-hydrogen) atoms.